The number of nitrogens with one attached hydrogen (secondary N) is 2. The van der Waals surface area contributed by atoms with Crippen molar-refractivity contribution in [2.75, 3.05) is 26.2 Å². The second kappa shape index (κ2) is 8.34. The Morgan fingerprint density at radius 3 is 2.43 bits per heavy atom. The Labute approximate surface area is 141 Å². The normalized spacial score (nSPS) is 27.1. The van der Waals surface area contributed by atoms with Crippen LogP contribution in [0.25, 0.3) is 0 Å². The highest BCUT2D eigenvalue weighted by Crippen LogP contribution is 2.20. The summed E-state index contributed by atoms with van der Waals surface area (Å²) in [6, 6.07) is 0.775. The highest BCUT2D eigenvalue weighted by Gasteiger charge is 2.27. The molecule has 1 amide bonds. The summed E-state index contributed by atoms with van der Waals surface area (Å²) >= 11 is 0. The maximum Gasteiger partial charge on any atom is 0.407 e. The van der Waals surface area contributed by atoms with E-state index in [0.717, 1.165) is 38.3 Å². The summed E-state index contributed by atoms with van der Waals surface area (Å²) in [5, 5.41) is 6.66. The molecule has 0 aromatic heterocycles. The van der Waals surface area contributed by atoms with Gasteiger partial charge in [-0.25, -0.2) is 4.79 Å². The molecule has 1 aliphatic carbocycles. The SMILES string of the molecule is CC1CCN(CCNC2CCC(NC(=O)OC(C)(C)C)C2)CC1. The molecule has 2 atom stereocenters. The van der Waals surface area contributed by atoms with Gasteiger partial charge in [0.1, 0.15) is 5.60 Å². The number of amides is 1. The van der Waals surface area contributed by atoms with E-state index in [2.05, 4.69) is 22.5 Å². The number of likely N-dealkylation sites (tertiary alicyclic amines) is 1. The zero-order valence-corrected chi connectivity index (χ0v) is 15.4. The Bertz CT molecular complexity index is 373. The van der Waals surface area contributed by atoms with Crippen molar-refractivity contribution in [2.24, 2.45) is 5.92 Å². The molecule has 134 valence electrons. The standard InChI is InChI=1S/C18H35N3O2/c1-14-7-10-21(11-8-14)12-9-19-15-5-6-16(13-15)20-17(22)23-18(2,3)4/h14-16,19H,5-13H2,1-4H3,(H,20,22). The second-order valence-corrected chi connectivity index (χ2v) is 8.33. The Hall–Kier alpha value is -0.810. The maximum atomic E-state index is 11.8. The van der Waals surface area contributed by atoms with Crippen LogP contribution in [0.4, 0.5) is 4.79 Å². The minimum absolute atomic E-state index is 0.248. The van der Waals surface area contributed by atoms with Crippen molar-refractivity contribution in [3.05, 3.63) is 0 Å². The summed E-state index contributed by atoms with van der Waals surface area (Å²) in [7, 11) is 0. The van der Waals surface area contributed by atoms with Gasteiger partial charge in [0.05, 0.1) is 0 Å². The van der Waals surface area contributed by atoms with E-state index in [0.29, 0.717) is 6.04 Å². The number of alkyl carbamates (subject to hydrolysis) is 1. The Morgan fingerprint density at radius 1 is 1.13 bits per heavy atom. The van der Waals surface area contributed by atoms with Crippen LogP contribution < -0.4 is 10.6 Å². The predicted molar refractivity (Wildman–Crippen MR) is 93.6 cm³/mol. The molecule has 2 unspecified atom stereocenters. The molecule has 0 aromatic carbocycles. The number of ether oxygens (including phenoxy) is 1. The van der Waals surface area contributed by atoms with Gasteiger partial charge in [-0.15, -0.1) is 0 Å². The summed E-state index contributed by atoms with van der Waals surface area (Å²) in [6.07, 6.45) is 5.58. The Balaban J connectivity index is 1.57. The van der Waals surface area contributed by atoms with E-state index >= 15 is 0 Å². The molecule has 0 bridgehead atoms. The van der Waals surface area contributed by atoms with Crippen molar-refractivity contribution >= 4 is 6.09 Å². The van der Waals surface area contributed by atoms with Crippen LogP contribution in [0.15, 0.2) is 0 Å². The molecule has 1 saturated carbocycles. The monoisotopic (exact) mass is 325 g/mol. The quantitative estimate of drug-likeness (QED) is 0.816. The predicted octanol–water partition coefficient (Wildman–Crippen LogP) is 2.75. The molecule has 0 radical (unpaired) electrons. The highest BCUT2D eigenvalue weighted by molar-refractivity contribution is 5.68. The van der Waals surface area contributed by atoms with Gasteiger partial charge in [-0.3, -0.25) is 0 Å². The van der Waals surface area contributed by atoms with Gasteiger partial charge < -0.3 is 20.3 Å². The van der Waals surface area contributed by atoms with E-state index in [9.17, 15) is 4.79 Å². The van der Waals surface area contributed by atoms with Gasteiger partial charge in [0.2, 0.25) is 0 Å². The number of piperidine rings is 1. The van der Waals surface area contributed by atoms with Crippen LogP contribution in [0.5, 0.6) is 0 Å². The number of carbonyl (C=O) groups excluding carboxylic acids is 1. The van der Waals surface area contributed by atoms with Crippen LogP contribution in [0.2, 0.25) is 0 Å². The van der Waals surface area contributed by atoms with Gasteiger partial charge >= 0.3 is 6.09 Å². The number of hydrogen-bond donors (Lipinski definition) is 2. The first kappa shape index (κ1) is 18.5. The topological polar surface area (TPSA) is 53.6 Å². The van der Waals surface area contributed by atoms with Gasteiger partial charge in [0, 0.05) is 25.2 Å². The van der Waals surface area contributed by atoms with Crippen LogP contribution in [0.1, 0.15) is 59.8 Å². The zero-order valence-electron chi connectivity index (χ0n) is 15.4. The van der Waals surface area contributed by atoms with Crippen LogP contribution in [0.3, 0.4) is 0 Å². The first-order valence-corrected chi connectivity index (χ1v) is 9.27. The lowest BCUT2D eigenvalue weighted by Crippen LogP contribution is -2.41. The zero-order chi connectivity index (χ0) is 16.9. The molecule has 1 saturated heterocycles. The molecule has 0 aromatic rings. The Morgan fingerprint density at radius 2 is 1.78 bits per heavy atom. The van der Waals surface area contributed by atoms with Crippen molar-refractivity contribution < 1.29 is 9.53 Å². The molecule has 5 heteroatoms. The highest BCUT2D eigenvalue weighted by atomic mass is 16.6. The minimum atomic E-state index is -0.424. The smallest absolute Gasteiger partial charge is 0.407 e. The van der Waals surface area contributed by atoms with Crippen LogP contribution >= 0.6 is 0 Å². The lowest BCUT2D eigenvalue weighted by atomic mass is 9.99. The number of hydrogen-bond acceptors (Lipinski definition) is 4. The lowest BCUT2D eigenvalue weighted by Gasteiger charge is -2.30. The largest absolute Gasteiger partial charge is 0.444 e. The Kier molecular flexibility index (Phi) is 6.72. The van der Waals surface area contributed by atoms with Crippen LogP contribution in [0, 0.1) is 5.92 Å². The molecule has 0 spiro atoms. The van der Waals surface area contributed by atoms with Gasteiger partial charge in [-0.2, -0.15) is 0 Å². The van der Waals surface area contributed by atoms with Gasteiger partial charge in [-0.05, 0) is 71.9 Å². The van der Waals surface area contributed by atoms with Crippen LogP contribution in [-0.4, -0.2) is 54.9 Å². The molecule has 1 heterocycles. The molecular weight excluding hydrogens is 290 g/mol. The molecule has 23 heavy (non-hydrogen) atoms. The summed E-state index contributed by atoms with van der Waals surface area (Å²) in [4.78, 5) is 14.4. The van der Waals surface area contributed by atoms with Crippen molar-refractivity contribution in [3.8, 4) is 0 Å². The fraction of sp³-hybridized carbons (Fsp3) is 0.944. The maximum absolute atomic E-state index is 11.8. The minimum Gasteiger partial charge on any atom is -0.444 e. The third-order valence-electron chi connectivity index (χ3n) is 4.89. The summed E-state index contributed by atoms with van der Waals surface area (Å²) < 4.78 is 5.33. The molecule has 2 rings (SSSR count). The van der Waals surface area contributed by atoms with Crippen molar-refractivity contribution in [1.82, 2.24) is 15.5 Å². The summed E-state index contributed by atoms with van der Waals surface area (Å²) in [6.45, 7) is 12.7. The number of nitrogens with zero attached hydrogens (tertiary/aromatic N) is 1. The van der Waals surface area contributed by atoms with Crippen molar-refractivity contribution in [3.63, 3.8) is 0 Å². The van der Waals surface area contributed by atoms with E-state index < -0.39 is 5.60 Å². The third-order valence-corrected chi connectivity index (χ3v) is 4.89. The molecule has 5 nitrogen and oxygen atoms in total. The molecule has 2 N–H and O–H groups in total. The lowest BCUT2D eigenvalue weighted by molar-refractivity contribution is 0.0505. The summed E-state index contributed by atoms with van der Waals surface area (Å²) in [5.74, 6) is 0.897. The van der Waals surface area contributed by atoms with Gasteiger partial charge in [0.15, 0.2) is 0 Å². The average Bonchev–Trinajstić information content (AvgIpc) is 2.86. The third kappa shape index (κ3) is 7.08. The van der Waals surface area contributed by atoms with Gasteiger partial charge in [-0.1, -0.05) is 6.92 Å². The molecule has 1 aliphatic heterocycles. The van der Waals surface area contributed by atoms with Crippen molar-refractivity contribution in [2.45, 2.75) is 77.5 Å². The van der Waals surface area contributed by atoms with Crippen LogP contribution in [-0.2, 0) is 4.74 Å². The number of carbonyl (C=O) groups is 1. The van der Waals surface area contributed by atoms with Crippen molar-refractivity contribution in [1.29, 1.82) is 0 Å². The molecule has 2 aliphatic rings. The molecular formula is C18H35N3O2. The fourth-order valence-corrected chi connectivity index (χ4v) is 3.48. The summed E-state index contributed by atoms with van der Waals surface area (Å²) in [5.41, 5.74) is -0.424. The van der Waals surface area contributed by atoms with E-state index in [1.807, 2.05) is 20.8 Å². The first-order chi connectivity index (χ1) is 10.8. The van der Waals surface area contributed by atoms with E-state index in [4.69, 9.17) is 4.74 Å². The van der Waals surface area contributed by atoms with E-state index in [1.165, 1.54) is 25.9 Å². The fourth-order valence-electron chi connectivity index (χ4n) is 3.48. The second-order valence-electron chi connectivity index (χ2n) is 8.33. The number of rotatable bonds is 5. The average molecular weight is 325 g/mol. The van der Waals surface area contributed by atoms with E-state index in [-0.39, 0.29) is 12.1 Å². The van der Waals surface area contributed by atoms with Gasteiger partial charge in [0.25, 0.3) is 0 Å². The van der Waals surface area contributed by atoms with E-state index in [1.54, 1.807) is 0 Å². The molecule has 2 fully saturated rings. The first-order valence-electron chi connectivity index (χ1n) is 9.27.